The van der Waals surface area contributed by atoms with Gasteiger partial charge in [-0.05, 0) is 19.9 Å². The Kier molecular flexibility index (Phi) is 4.22. The normalized spacial score (nSPS) is 12.2. The van der Waals surface area contributed by atoms with Crippen LogP contribution in [0.4, 0.5) is 0 Å². The Bertz CT molecular complexity index is 427. The molecule has 94 valence electrons. The van der Waals surface area contributed by atoms with Crippen LogP contribution in [0.3, 0.4) is 0 Å². The predicted octanol–water partition coefficient (Wildman–Crippen LogP) is -0.938. The number of nitrogens with one attached hydrogen (secondary N) is 1. The Morgan fingerprint density at radius 2 is 2.18 bits per heavy atom. The highest BCUT2D eigenvalue weighted by molar-refractivity contribution is 5.77. The molecule has 1 unspecified atom stereocenters. The number of carboxylic acid groups (broad SMARTS) is 1. The first-order valence-corrected chi connectivity index (χ1v) is 5.08. The van der Waals surface area contributed by atoms with E-state index in [0.717, 1.165) is 11.4 Å². The first-order chi connectivity index (χ1) is 7.90. The van der Waals surface area contributed by atoms with Crippen molar-refractivity contribution < 1.29 is 19.8 Å². The molecule has 0 aliphatic rings. The van der Waals surface area contributed by atoms with Gasteiger partial charge in [-0.15, -0.1) is 0 Å². The number of carbonyl (C=O) groups excluding carboxylic acids is 1. The van der Waals surface area contributed by atoms with Crippen LogP contribution in [0.15, 0.2) is 6.07 Å². The molecule has 17 heavy (non-hydrogen) atoms. The van der Waals surface area contributed by atoms with Crippen LogP contribution in [0.25, 0.3) is 0 Å². The molecule has 0 aromatic carbocycles. The second-order valence-electron chi connectivity index (χ2n) is 3.74. The van der Waals surface area contributed by atoms with Crippen LogP contribution in [-0.2, 0) is 16.1 Å². The number of nitrogens with zero attached hydrogens (tertiary/aromatic N) is 2. The van der Waals surface area contributed by atoms with E-state index >= 15 is 0 Å². The molecule has 1 aromatic rings. The Morgan fingerprint density at radius 1 is 1.53 bits per heavy atom. The molecule has 7 heteroatoms. The van der Waals surface area contributed by atoms with Crippen molar-refractivity contribution in [2.45, 2.75) is 26.5 Å². The summed E-state index contributed by atoms with van der Waals surface area (Å²) in [5.41, 5.74) is 1.65. The standard InChI is InChI=1S/C10H15N3O4/c1-6-3-7(2)13(12-6)5-9(15)11-4-8(14)10(16)17/h3,8,14H,4-5H2,1-2H3,(H,11,15)(H,16,17). The topological polar surface area (TPSA) is 104 Å². The van der Waals surface area contributed by atoms with Gasteiger partial charge >= 0.3 is 5.97 Å². The lowest BCUT2D eigenvalue weighted by molar-refractivity contribution is -0.146. The zero-order chi connectivity index (χ0) is 13.0. The Hall–Kier alpha value is -1.89. The van der Waals surface area contributed by atoms with Crippen LogP contribution in [0.1, 0.15) is 11.4 Å². The first-order valence-electron chi connectivity index (χ1n) is 5.08. The summed E-state index contributed by atoms with van der Waals surface area (Å²) in [6.45, 7) is 3.33. The summed E-state index contributed by atoms with van der Waals surface area (Å²) in [5, 5.41) is 23.8. The molecule has 3 N–H and O–H groups in total. The molecular weight excluding hydrogens is 226 g/mol. The van der Waals surface area contributed by atoms with E-state index in [1.54, 1.807) is 0 Å². The zero-order valence-corrected chi connectivity index (χ0v) is 9.67. The second-order valence-corrected chi connectivity index (χ2v) is 3.74. The van der Waals surface area contributed by atoms with Crippen molar-refractivity contribution in [1.29, 1.82) is 0 Å². The maximum Gasteiger partial charge on any atom is 0.334 e. The van der Waals surface area contributed by atoms with E-state index in [9.17, 15) is 9.59 Å². The molecular formula is C10H15N3O4. The number of hydrogen-bond acceptors (Lipinski definition) is 4. The first kappa shape index (κ1) is 13.2. The average molecular weight is 241 g/mol. The molecule has 0 spiro atoms. The van der Waals surface area contributed by atoms with Crippen LogP contribution < -0.4 is 5.32 Å². The van der Waals surface area contributed by atoms with Crippen molar-refractivity contribution >= 4 is 11.9 Å². The van der Waals surface area contributed by atoms with Gasteiger partial charge in [0, 0.05) is 5.69 Å². The molecule has 0 fully saturated rings. The van der Waals surface area contributed by atoms with E-state index in [0.29, 0.717) is 0 Å². The van der Waals surface area contributed by atoms with Crippen LogP contribution >= 0.6 is 0 Å². The number of amides is 1. The minimum Gasteiger partial charge on any atom is -0.479 e. The highest BCUT2D eigenvalue weighted by atomic mass is 16.4. The van der Waals surface area contributed by atoms with Crippen molar-refractivity contribution in [2.75, 3.05) is 6.54 Å². The van der Waals surface area contributed by atoms with E-state index in [4.69, 9.17) is 10.2 Å². The minimum atomic E-state index is -1.58. The molecule has 0 saturated carbocycles. The number of aliphatic hydroxyl groups is 1. The monoisotopic (exact) mass is 241 g/mol. The van der Waals surface area contributed by atoms with Gasteiger partial charge in [0.15, 0.2) is 6.10 Å². The average Bonchev–Trinajstić information content (AvgIpc) is 2.53. The van der Waals surface area contributed by atoms with Gasteiger partial charge in [0.2, 0.25) is 5.91 Å². The number of aryl methyl sites for hydroxylation is 2. The fourth-order valence-electron chi connectivity index (χ4n) is 1.32. The van der Waals surface area contributed by atoms with Gasteiger partial charge in [-0.3, -0.25) is 9.48 Å². The SMILES string of the molecule is Cc1cc(C)n(CC(=O)NCC(O)C(=O)O)n1. The van der Waals surface area contributed by atoms with Gasteiger partial charge in [0.25, 0.3) is 0 Å². The number of aliphatic carboxylic acids is 1. The van der Waals surface area contributed by atoms with Gasteiger partial charge in [-0.25, -0.2) is 4.79 Å². The van der Waals surface area contributed by atoms with Crippen molar-refractivity contribution in [3.05, 3.63) is 17.5 Å². The van der Waals surface area contributed by atoms with Crippen LogP contribution in [0, 0.1) is 13.8 Å². The van der Waals surface area contributed by atoms with Gasteiger partial charge in [-0.1, -0.05) is 0 Å². The molecule has 1 amide bonds. The number of carboxylic acids is 1. The van der Waals surface area contributed by atoms with Crippen molar-refractivity contribution in [3.63, 3.8) is 0 Å². The van der Waals surface area contributed by atoms with Gasteiger partial charge < -0.3 is 15.5 Å². The summed E-state index contributed by atoms with van der Waals surface area (Å²) in [5.74, 6) is -1.76. The molecule has 0 radical (unpaired) electrons. The van der Waals surface area contributed by atoms with Gasteiger partial charge in [0.05, 0.1) is 12.2 Å². The smallest absolute Gasteiger partial charge is 0.334 e. The lowest BCUT2D eigenvalue weighted by Gasteiger charge is -2.08. The molecule has 1 aromatic heterocycles. The highest BCUT2D eigenvalue weighted by Crippen LogP contribution is 2.00. The lowest BCUT2D eigenvalue weighted by Crippen LogP contribution is -2.38. The number of rotatable bonds is 5. The molecule has 7 nitrogen and oxygen atoms in total. The van der Waals surface area contributed by atoms with E-state index in [1.165, 1.54) is 4.68 Å². The van der Waals surface area contributed by atoms with Crippen molar-refractivity contribution in [2.24, 2.45) is 0 Å². The summed E-state index contributed by atoms with van der Waals surface area (Å²) in [7, 11) is 0. The van der Waals surface area contributed by atoms with Gasteiger partial charge in [0.1, 0.15) is 6.54 Å². The van der Waals surface area contributed by atoms with E-state index in [-0.39, 0.29) is 13.1 Å². The van der Waals surface area contributed by atoms with Crippen LogP contribution in [-0.4, -0.2) is 44.5 Å². The maximum atomic E-state index is 11.4. The maximum absolute atomic E-state index is 11.4. The Morgan fingerprint density at radius 3 is 2.65 bits per heavy atom. The summed E-state index contributed by atoms with van der Waals surface area (Å²) in [6, 6.07) is 1.83. The number of aromatic nitrogens is 2. The van der Waals surface area contributed by atoms with E-state index in [1.807, 2.05) is 19.9 Å². The molecule has 1 atom stereocenters. The highest BCUT2D eigenvalue weighted by Gasteiger charge is 2.14. The molecule has 0 aliphatic heterocycles. The largest absolute Gasteiger partial charge is 0.479 e. The fraction of sp³-hybridized carbons (Fsp3) is 0.500. The van der Waals surface area contributed by atoms with Crippen LogP contribution in [0.2, 0.25) is 0 Å². The minimum absolute atomic E-state index is 0.00596. The molecule has 0 bridgehead atoms. The van der Waals surface area contributed by atoms with Gasteiger partial charge in [-0.2, -0.15) is 5.10 Å². The molecule has 0 aliphatic carbocycles. The van der Waals surface area contributed by atoms with Crippen molar-refractivity contribution in [3.8, 4) is 0 Å². The summed E-state index contributed by atoms with van der Waals surface area (Å²) < 4.78 is 1.51. The quantitative estimate of drug-likeness (QED) is 0.617. The predicted molar refractivity (Wildman–Crippen MR) is 58.4 cm³/mol. The third-order valence-corrected chi connectivity index (χ3v) is 2.17. The zero-order valence-electron chi connectivity index (χ0n) is 9.67. The number of aliphatic hydroxyl groups excluding tert-OH is 1. The summed E-state index contributed by atoms with van der Waals surface area (Å²) in [4.78, 5) is 21.7. The molecule has 0 saturated heterocycles. The third-order valence-electron chi connectivity index (χ3n) is 2.17. The lowest BCUT2D eigenvalue weighted by atomic mass is 10.3. The molecule has 1 rings (SSSR count). The number of carbonyl (C=O) groups is 2. The summed E-state index contributed by atoms with van der Waals surface area (Å²) >= 11 is 0. The van der Waals surface area contributed by atoms with E-state index in [2.05, 4.69) is 10.4 Å². The Labute approximate surface area is 98.1 Å². The fourth-order valence-corrected chi connectivity index (χ4v) is 1.32. The third kappa shape index (κ3) is 3.87. The number of hydrogen-bond donors (Lipinski definition) is 3. The Balaban J connectivity index is 2.45. The van der Waals surface area contributed by atoms with Crippen LogP contribution in [0.5, 0.6) is 0 Å². The second kappa shape index (κ2) is 5.44. The van der Waals surface area contributed by atoms with Crippen molar-refractivity contribution in [1.82, 2.24) is 15.1 Å². The molecule has 1 heterocycles. The van der Waals surface area contributed by atoms with E-state index < -0.39 is 18.0 Å². The summed E-state index contributed by atoms with van der Waals surface area (Å²) in [6.07, 6.45) is -1.58.